The van der Waals surface area contributed by atoms with Crippen molar-refractivity contribution in [3.05, 3.63) is 60.8 Å². The summed E-state index contributed by atoms with van der Waals surface area (Å²) in [6.07, 6.45) is 63.4. The minimum absolute atomic E-state index is 0.0847. The van der Waals surface area contributed by atoms with Crippen molar-refractivity contribution in [3.8, 4) is 0 Å². The molecule has 6 nitrogen and oxygen atoms in total. The molecule has 63 heavy (non-hydrogen) atoms. The number of carbonyl (C=O) groups excluding carboxylic acids is 3. The zero-order chi connectivity index (χ0) is 45.8. The Hall–Kier alpha value is -2.89. The number of esters is 3. The zero-order valence-corrected chi connectivity index (χ0v) is 41.6. The van der Waals surface area contributed by atoms with E-state index < -0.39 is 6.10 Å². The number of unbranched alkanes of at least 4 members (excludes halogenated alkanes) is 27. The van der Waals surface area contributed by atoms with E-state index in [1.165, 1.54) is 122 Å². The van der Waals surface area contributed by atoms with Gasteiger partial charge in [0.25, 0.3) is 0 Å². The highest BCUT2D eigenvalue weighted by Crippen LogP contribution is 2.15. The molecule has 0 spiro atoms. The maximum Gasteiger partial charge on any atom is 0.306 e. The molecule has 0 aliphatic heterocycles. The van der Waals surface area contributed by atoms with Crippen LogP contribution in [0.4, 0.5) is 0 Å². The van der Waals surface area contributed by atoms with Gasteiger partial charge in [-0.15, -0.1) is 0 Å². The van der Waals surface area contributed by atoms with Gasteiger partial charge in [0.15, 0.2) is 6.10 Å². The van der Waals surface area contributed by atoms with Crippen LogP contribution in [0.3, 0.4) is 0 Å². The molecule has 6 heteroatoms. The van der Waals surface area contributed by atoms with Crippen LogP contribution in [-0.2, 0) is 28.6 Å². The summed E-state index contributed by atoms with van der Waals surface area (Å²) in [5.74, 6) is -0.910. The third-order valence-corrected chi connectivity index (χ3v) is 11.5. The molecule has 0 heterocycles. The Labute approximate surface area is 390 Å². The van der Waals surface area contributed by atoms with Crippen LogP contribution < -0.4 is 0 Å². The Kier molecular flexibility index (Phi) is 49.4. The summed E-state index contributed by atoms with van der Waals surface area (Å²) in [4.78, 5) is 38.0. The van der Waals surface area contributed by atoms with Gasteiger partial charge in [0.1, 0.15) is 13.2 Å². The molecule has 0 radical (unpaired) electrons. The minimum Gasteiger partial charge on any atom is -0.462 e. The molecule has 0 unspecified atom stereocenters. The lowest BCUT2D eigenvalue weighted by Crippen LogP contribution is -2.30. The van der Waals surface area contributed by atoms with Crippen LogP contribution in [0.2, 0.25) is 0 Å². The second-order valence-corrected chi connectivity index (χ2v) is 17.8. The molecule has 1 atom stereocenters. The molecular formula is C57H100O6. The lowest BCUT2D eigenvalue weighted by atomic mass is 10.0. The molecule has 0 aliphatic carbocycles. The summed E-state index contributed by atoms with van der Waals surface area (Å²) >= 11 is 0. The monoisotopic (exact) mass is 881 g/mol. The Morgan fingerprint density at radius 2 is 0.619 bits per heavy atom. The van der Waals surface area contributed by atoms with Crippen molar-refractivity contribution in [3.63, 3.8) is 0 Å². The Morgan fingerprint density at radius 1 is 0.333 bits per heavy atom. The second-order valence-electron chi connectivity index (χ2n) is 17.8. The first-order valence-electron chi connectivity index (χ1n) is 26.8. The highest BCUT2D eigenvalue weighted by atomic mass is 16.6. The standard InChI is InChI=1S/C57H100O6/c1-4-7-10-13-16-19-22-25-27-28-30-33-36-39-42-45-48-51-57(60)63-54(52-61-55(58)49-46-43-40-37-34-31-24-21-18-15-12-9-6-3)53-62-56(59)50-47-44-41-38-35-32-29-26-23-20-17-14-11-8-5-2/h7,10,16,19,21,24-25,27,30,33,54H,4-6,8-9,11-15,17-18,20,22-23,26,28-29,31-32,34-53H2,1-3H3/b10-7-,19-16-,24-21-,27-25-,33-30-/t54-/m1/s1. The van der Waals surface area contributed by atoms with Gasteiger partial charge >= 0.3 is 17.9 Å². The van der Waals surface area contributed by atoms with Gasteiger partial charge in [-0.3, -0.25) is 14.4 Å². The maximum atomic E-state index is 12.8. The van der Waals surface area contributed by atoms with Crippen molar-refractivity contribution >= 4 is 17.9 Å². The fourth-order valence-electron chi connectivity index (χ4n) is 7.49. The molecule has 0 aliphatic rings. The molecule has 0 N–H and O–H groups in total. The topological polar surface area (TPSA) is 78.9 Å². The Morgan fingerprint density at radius 3 is 1.00 bits per heavy atom. The molecule has 0 fully saturated rings. The van der Waals surface area contributed by atoms with Crippen molar-refractivity contribution in [2.24, 2.45) is 0 Å². The third-order valence-electron chi connectivity index (χ3n) is 11.5. The smallest absolute Gasteiger partial charge is 0.306 e. The van der Waals surface area contributed by atoms with E-state index in [1.807, 2.05) is 0 Å². The molecule has 0 saturated carbocycles. The van der Waals surface area contributed by atoms with Crippen molar-refractivity contribution < 1.29 is 28.6 Å². The van der Waals surface area contributed by atoms with Crippen molar-refractivity contribution in [1.82, 2.24) is 0 Å². The van der Waals surface area contributed by atoms with Gasteiger partial charge in [-0.1, -0.05) is 223 Å². The summed E-state index contributed by atoms with van der Waals surface area (Å²) in [6, 6.07) is 0. The van der Waals surface area contributed by atoms with Crippen LogP contribution in [0, 0.1) is 0 Å². The molecule has 0 aromatic carbocycles. The number of hydrogen-bond acceptors (Lipinski definition) is 6. The average Bonchev–Trinajstić information content (AvgIpc) is 3.28. The van der Waals surface area contributed by atoms with Gasteiger partial charge in [0, 0.05) is 19.3 Å². The molecule has 364 valence electrons. The Bertz CT molecular complexity index is 1150. The number of ether oxygens (including phenoxy) is 3. The molecule has 0 amide bonds. The highest BCUT2D eigenvalue weighted by Gasteiger charge is 2.19. The van der Waals surface area contributed by atoms with Crippen LogP contribution >= 0.6 is 0 Å². The van der Waals surface area contributed by atoms with Crippen LogP contribution in [-0.4, -0.2) is 37.2 Å². The maximum absolute atomic E-state index is 12.8. The molecule has 0 aromatic heterocycles. The summed E-state index contributed by atoms with van der Waals surface area (Å²) in [6.45, 7) is 6.50. The van der Waals surface area contributed by atoms with E-state index in [0.29, 0.717) is 19.3 Å². The fourth-order valence-corrected chi connectivity index (χ4v) is 7.49. The van der Waals surface area contributed by atoms with Crippen LogP contribution in [0.15, 0.2) is 60.8 Å². The van der Waals surface area contributed by atoms with Gasteiger partial charge in [-0.25, -0.2) is 0 Å². The van der Waals surface area contributed by atoms with E-state index in [9.17, 15) is 14.4 Å². The van der Waals surface area contributed by atoms with Crippen LogP contribution in [0.25, 0.3) is 0 Å². The van der Waals surface area contributed by atoms with E-state index in [4.69, 9.17) is 14.2 Å². The molecular weight excluding hydrogens is 781 g/mol. The van der Waals surface area contributed by atoms with E-state index in [-0.39, 0.29) is 31.1 Å². The molecule has 0 aromatic rings. The SMILES string of the molecule is CC/C=C\C/C=C\C/C=C\C/C=C\CCCCCCC(=O)O[C@H](COC(=O)CCCCCCC/C=C\CCCCCC)COC(=O)CCCCCCCCCCCCCCCCC. The third kappa shape index (κ3) is 50.0. The highest BCUT2D eigenvalue weighted by molar-refractivity contribution is 5.71. The van der Waals surface area contributed by atoms with Crippen LogP contribution in [0.5, 0.6) is 0 Å². The largest absolute Gasteiger partial charge is 0.462 e. The first kappa shape index (κ1) is 60.1. The first-order valence-corrected chi connectivity index (χ1v) is 26.8. The quantitative estimate of drug-likeness (QED) is 0.0262. The number of hydrogen-bond donors (Lipinski definition) is 0. The fraction of sp³-hybridized carbons (Fsp3) is 0.772. The van der Waals surface area contributed by atoms with Gasteiger partial charge in [-0.05, 0) is 83.5 Å². The van der Waals surface area contributed by atoms with E-state index >= 15 is 0 Å². The normalized spacial score (nSPS) is 12.5. The number of rotatable bonds is 48. The lowest BCUT2D eigenvalue weighted by Gasteiger charge is -2.18. The van der Waals surface area contributed by atoms with Gasteiger partial charge in [-0.2, -0.15) is 0 Å². The Balaban J connectivity index is 4.42. The average molecular weight is 881 g/mol. The number of carbonyl (C=O) groups is 3. The van der Waals surface area contributed by atoms with Gasteiger partial charge in [0.05, 0.1) is 0 Å². The lowest BCUT2D eigenvalue weighted by molar-refractivity contribution is -0.167. The van der Waals surface area contributed by atoms with Gasteiger partial charge < -0.3 is 14.2 Å². The molecule has 0 saturated heterocycles. The molecule has 0 bridgehead atoms. The zero-order valence-electron chi connectivity index (χ0n) is 41.6. The minimum atomic E-state index is -0.788. The summed E-state index contributed by atoms with van der Waals surface area (Å²) < 4.78 is 16.8. The van der Waals surface area contributed by atoms with Crippen molar-refractivity contribution in [2.75, 3.05) is 13.2 Å². The summed E-state index contributed by atoms with van der Waals surface area (Å²) in [5.41, 5.74) is 0. The second kappa shape index (κ2) is 51.7. The number of allylic oxidation sites excluding steroid dienone is 10. The van der Waals surface area contributed by atoms with Crippen molar-refractivity contribution in [1.29, 1.82) is 0 Å². The van der Waals surface area contributed by atoms with Crippen LogP contribution in [0.1, 0.15) is 265 Å². The summed E-state index contributed by atoms with van der Waals surface area (Å²) in [5, 5.41) is 0. The molecule has 0 rings (SSSR count). The van der Waals surface area contributed by atoms with E-state index in [0.717, 1.165) is 103 Å². The van der Waals surface area contributed by atoms with Gasteiger partial charge in [0.2, 0.25) is 0 Å². The van der Waals surface area contributed by atoms with E-state index in [2.05, 4.69) is 81.5 Å². The van der Waals surface area contributed by atoms with Crippen molar-refractivity contribution in [2.45, 2.75) is 271 Å². The summed E-state index contributed by atoms with van der Waals surface area (Å²) in [7, 11) is 0. The predicted octanol–water partition coefficient (Wildman–Crippen LogP) is 17.6. The van der Waals surface area contributed by atoms with E-state index in [1.54, 1.807) is 0 Å². The first-order chi connectivity index (χ1) is 31.0. The predicted molar refractivity (Wildman–Crippen MR) is 270 cm³/mol.